The highest BCUT2D eigenvalue weighted by Gasteiger charge is 2.22. The third-order valence-corrected chi connectivity index (χ3v) is 8.89. The van der Waals surface area contributed by atoms with E-state index in [9.17, 15) is 23.3 Å². The first kappa shape index (κ1) is 21.6. The Hall–Kier alpha value is -2.07. The summed E-state index contributed by atoms with van der Waals surface area (Å²) in [6.07, 6.45) is 2.99. The van der Waals surface area contributed by atoms with Gasteiger partial charge in [-0.25, -0.2) is 18.4 Å². The van der Waals surface area contributed by atoms with E-state index in [1.165, 1.54) is 35.1 Å². The van der Waals surface area contributed by atoms with E-state index < -0.39 is 14.8 Å². The van der Waals surface area contributed by atoms with Crippen molar-refractivity contribution in [2.75, 3.05) is 17.3 Å². The quantitative estimate of drug-likeness (QED) is 0.284. The number of aromatic nitrogens is 3. The number of nitro groups is 1. The molecule has 0 aliphatic heterocycles. The molecule has 0 spiro atoms. The molecule has 2 aromatic heterocycles. The van der Waals surface area contributed by atoms with Gasteiger partial charge in [0.05, 0.1) is 21.8 Å². The van der Waals surface area contributed by atoms with Gasteiger partial charge in [0, 0.05) is 12.1 Å². The van der Waals surface area contributed by atoms with Crippen LogP contribution in [-0.2, 0) is 14.6 Å². The second kappa shape index (κ2) is 9.17. The van der Waals surface area contributed by atoms with Gasteiger partial charge in [0.1, 0.15) is 4.21 Å². The number of hydrogen-bond acceptors (Lipinski definition) is 12. The van der Waals surface area contributed by atoms with Crippen molar-refractivity contribution in [3.63, 3.8) is 0 Å². The number of amides is 1. The fraction of sp³-hybridized carbons (Fsp3) is 0.143. The lowest BCUT2D eigenvalue weighted by Crippen LogP contribution is -2.13. The Morgan fingerprint density at radius 3 is 2.66 bits per heavy atom. The van der Waals surface area contributed by atoms with Gasteiger partial charge in [-0.3, -0.25) is 14.9 Å². The molecule has 0 unspecified atom stereocenters. The predicted octanol–water partition coefficient (Wildman–Crippen LogP) is 3.19. The van der Waals surface area contributed by atoms with Crippen LogP contribution in [0.3, 0.4) is 0 Å². The first-order valence-electron chi connectivity index (χ1n) is 7.55. The minimum Gasteiger partial charge on any atom is -0.301 e. The molecule has 0 radical (unpaired) electrons. The minimum absolute atomic E-state index is 0.0764. The molecule has 3 aromatic rings. The smallest absolute Gasteiger partial charge is 0.269 e. The predicted molar refractivity (Wildman–Crippen MR) is 112 cm³/mol. The Kier molecular flexibility index (Phi) is 6.84. The van der Waals surface area contributed by atoms with Gasteiger partial charge < -0.3 is 5.32 Å². The highest BCUT2D eigenvalue weighted by atomic mass is 32.2. The molecule has 1 amide bonds. The molecule has 0 atom stereocenters. The average molecular weight is 490 g/mol. The van der Waals surface area contributed by atoms with Gasteiger partial charge in [-0.15, -0.1) is 0 Å². The van der Waals surface area contributed by atoms with Crippen LogP contribution in [0.2, 0.25) is 0 Å². The van der Waals surface area contributed by atoms with Crippen LogP contribution in [0.5, 0.6) is 0 Å². The van der Waals surface area contributed by atoms with E-state index in [-0.39, 0.29) is 31.6 Å². The maximum absolute atomic E-state index is 12.6. The van der Waals surface area contributed by atoms with Crippen molar-refractivity contribution in [3.8, 4) is 0 Å². The Morgan fingerprint density at radius 2 is 2.03 bits per heavy atom. The number of sulfone groups is 1. The molecule has 152 valence electrons. The number of nitrogens with one attached hydrogen (secondary N) is 1. The van der Waals surface area contributed by atoms with Crippen LogP contribution in [0.15, 0.2) is 49.1 Å². The zero-order valence-corrected chi connectivity index (χ0v) is 18.5. The number of anilines is 1. The summed E-state index contributed by atoms with van der Waals surface area (Å²) in [7, 11) is -3.89. The molecule has 0 saturated heterocycles. The zero-order chi connectivity index (χ0) is 21.0. The van der Waals surface area contributed by atoms with E-state index in [0.29, 0.717) is 9.50 Å². The van der Waals surface area contributed by atoms with Crippen molar-refractivity contribution >= 4 is 73.0 Å². The summed E-state index contributed by atoms with van der Waals surface area (Å²) in [5.41, 5.74) is -0.209. The standard InChI is InChI=1S/C14H11N5O5S5/c1-25-13-17-14(28-18-13)26-7-10(20)16-12-15-6-11(27-12)29(23,24)9-4-2-8(3-5-9)19(21)22/h2-6H,7H2,1H3,(H,15,16,20). The van der Waals surface area contributed by atoms with Crippen molar-refractivity contribution in [3.05, 3.63) is 40.6 Å². The zero-order valence-electron chi connectivity index (χ0n) is 14.5. The van der Waals surface area contributed by atoms with Crippen molar-refractivity contribution < 1.29 is 18.1 Å². The van der Waals surface area contributed by atoms with Crippen molar-refractivity contribution in [1.82, 2.24) is 14.3 Å². The molecule has 0 bridgehead atoms. The number of benzene rings is 1. The average Bonchev–Trinajstić information content (AvgIpc) is 3.36. The number of carbonyl (C=O) groups is 1. The van der Waals surface area contributed by atoms with E-state index in [0.717, 1.165) is 41.8 Å². The molecule has 0 aliphatic carbocycles. The van der Waals surface area contributed by atoms with Gasteiger partial charge in [-0.1, -0.05) is 34.9 Å². The van der Waals surface area contributed by atoms with E-state index in [4.69, 9.17) is 0 Å². The minimum atomic E-state index is -3.89. The van der Waals surface area contributed by atoms with Gasteiger partial charge in [-0.05, 0) is 29.9 Å². The second-order valence-electron chi connectivity index (χ2n) is 5.12. The number of carbonyl (C=O) groups excluding carboxylic acids is 1. The monoisotopic (exact) mass is 489 g/mol. The molecule has 3 rings (SSSR count). The van der Waals surface area contributed by atoms with Gasteiger partial charge in [0.25, 0.3) is 5.69 Å². The molecule has 1 aromatic carbocycles. The number of nitrogens with zero attached hydrogens (tertiary/aromatic N) is 4. The molecule has 29 heavy (non-hydrogen) atoms. The van der Waals surface area contributed by atoms with Crippen LogP contribution in [0.1, 0.15) is 0 Å². The summed E-state index contributed by atoms with van der Waals surface area (Å²) in [6, 6.07) is 4.55. The Balaban J connectivity index is 1.64. The summed E-state index contributed by atoms with van der Waals surface area (Å²) in [5.74, 6) is -0.280. The van der Waals surface area contributed by atoms with Gasteiger partial charge in [0.15, 0.2) is 9.47 Å². The van der Waals surface area contributed by atoms with Crippen LogP contribution < -0.4 is 5.32 Å². The lowest BCUT2D eigenvalue weighted by molar-refractivity contribution is -0.384. The molecule has 15 heteroatoms. The normalized spacial score (nSPS) is 11.3. The molecule has 0 saturated carbocycles. The second-order valence-corrected chi connectivity index (χ2v) is 11.1. The van der Waals surface area contributed by atoms with E-state index in [1.807, 2.05) is 6.26 Å². The van der Waals surface area contributed by atoms with Gasteiger partial charge in [-0.2, -0.15) is 4.37 Å². The van der Waals surface area contributed by atoms with Crippen LogP contribution >= 0.6 is 46.4 Å². The van der Waals surface area contributed by atoms with Crippen molar-refractivity contribution in [2.24, 2.45) is 0 Å². The van der Waals surface area contributed by atoms with E-state index >= 15 is 0 Å². The molecule has 10 nitrogen and oxygen atoms in total. The SMILES string of the molecule is CSc1nsc(SCC(=O)Nc2ncc(S(=O)(=O)c3ccc([N+](=O)[O-])cc3)s2)n1. The number of thiazole rings is 1. The highest BCUT2D eigenvalue weighted by molar-refractivity contribution is 8.01. The number of hydrogen-bond donors (Lipinski definition) is 1. The summed E-state index contributed by atoms with van der Waals surface area (Å²) in [6.45, 7) is 0. The number of rotatable bonds is 8. The van der Waals surface area contributed by atoms with Crippen LogP contribution in [0, 0.1) is 10.1 Å². The first-order valence-corrected chi connectivity index (χ1v) is 12.8. The largest absolute Gasteiger partial charge is 0.301 e. The van der Waals surface area contributed by atoms with Gasteiger partial charge in [0.2, 0.25) is 20.9 Å². The highest BCUT2D eigenvalue weighted by Crippen LogP contribution is 2.30. The maximum Gasteiger partial charge on any atom is 0.269 e. The van der Waals surface area contributed by atoms with E-state index in [1.54, 1.807) is 0 Å². The summed E-state index contributed by atoms with van der Waals surface area (Å²) in [4.78, 5) is 30.2. The lowest BCUT2D eigenvalue weighted by Gasteiger charge is -2.01. The van der Waals surface area contributed by atoms with E-state index in [2.05, 4.69) is 19.7 Å². The Bertz CT molecular complexity index is 1140. The number of thioether (sulfide) groups is 2. The Labute approximate surface area is 181 Å². The maximum atomic E-state index is 12.6. The topological polar surface area (TPSA) is 145 Å². The van der Waals surface area contributed by atoms with Crippen LogP contribution in [0.4, 0.5) is 10.8 Å². The summed E-state index contributed by atoms with van der Waals surface area (Å²) < 4.78 is 29.9. The van der Waals surface area contributed by atoms with Crippen molar-refractivity contribution in [1.29, 1.82) is 0 Å². The molecular weight excluding hydrogens is 479 g/mol. The molecule has 0 fully saturated rings. The molecule has 2 heterocycles. The molecule has 0 aliphatic rings. The van der Waals surface area contributed by atoms with Crippen LogP contribution in [-0.4, -0.2) is 45.6 Å². The molecular formula is C14H11N5O5S5. The third kappa shape index (κ3) is 5.30. The fourth-order valence-electron chi connectivity index (χ4n) is 1.93. The van der Waals surface area contributed by atoms with Crippen LogP contribution in [0.25, 0.3) is 0 Å². The van der Waals surface area contributed by atoms with Gasteiger partial charge >= 0.3 is 0 Å². The Morgan fingerprint density at radius 1 is 1.31 bits per heavy atom. The summed E-state index contributed by atoms with van der Waals surface area (Å²) >= 11 is 4.62. The van der Waals surface area contributed by atoms with Crippen molar-refractivity contribution in [2.45, 2.75) is 18.6 Å². The third-order valence-electron chi connectivity index (χ3n) is 3.25. The lowest BCUT2D eigenvalue weighted by atomic mass is 10.3. The number of non-ortho nitro benzene ring substituents is 1. The first-order chi connectivity index (χ1) is 13.8. The molecule has 1 N–H and O–H groups in total. The summed E-state index contributed by atoms with van der Waals surface area (Å²) in [5, 5.41) is 14.0. The number of nitro benzene ring substituents is 1. The fourth-order valence-corrected chi connectivity index (χ4v) is 6.38.